The Morgan fingerprint density at radius 2 is 1.64 bits per heavy atom. The van der Waals surface area contributed by atoms with Gasteiger partial charge >= 0.3 is 6.09 Å². The summed E-state index contributed by atoms with van der Waals surface area (Å²) in [6.07, 6.45) is -0.923. The minimum absolute atomic E-state index is 0.126. The lowest BCUT2D eigenvalue weighted by atomic mass is 10.0. The number of hydrogen-bond acceptors (Lipinski definition) is 7. The maximum Gasteiger partial charge on any atom is 0.408 e. The molecule has 2 rings (SSSR count). The third-order valence-corrected chi connectivity index (χ3v) is 5.27. The maximum atomic E-state index is 13.6. The number of aliphatic hydroxyl groups is 2. The van der Waals surface area contributed by atoms with Crippen LogP contribution < -0.4 is 10.6 Å². The summed E-state index contributed by atoms with van der Waals surface area (Å²) in [7, 11) is 0. The number of rotatable bonds is 9. The zero-order valence-electron chi connectivity index (χ0n) is 21.2. The molecule has 10 heteroatoms. The quantitative estimate of drug-likeness (QED) is 0.354. The van der Waals surface area contributed by atoms with E-state index in [4.69, 9.17) is 4.74 Å². The molecule has 0 saturated carbocycles. The lowest BCUT2D eigenvalue weighted by molar-refractivity contribution is -0.142. The molecule has 0 radical (unpaired) electrons. The van der Waals surface area contributed by atoms with Crippen LogP contribution in [0.4, 0.5) is 10.5 Å². The second kappa shape index (κ2) is 12.4. The van der Waals surface area contributed by atoms with Gasteiger partial charge in [0.15, 0.2) is 0 Å². The Morgan fingerprint density at radius 3 is 2.17 bits per heavy atom. The van der Waals surface area contributed by atoms with Crippen molar-refractivity contribution >= 4 is 23.6 Å². The van der Waals surface area contributed by atoms with Crippen molar-refractivity contribution in [1.29, 1.82) is 0 Å². The van der Waals surface area contributed by atoms with Crippen molar-refractivity contribution in [3.05, 3.63) is 59.2 Å². The number of carbonyl (C=O) groups excluding carboxylic acids is 3. The molecule has 0 heterocycles. The average molecular weight is 502 g/mol. The molecule has 5 N–H and O–H groups in total. The minimum atomic E-state index is -1.45. The van der Waals surface area contributed by atoms with Crippen LogP contribution in [0.1, 0.15) is 43.5 Å². The van der Waals surface area contributed by atoms with Gasteiger partial charge < -0.3 is 35.6 Å². The van der Waals surface area contributed by atoms with Crippen molar-refractivity contribution in [2.75, 3.05) is 25.1 Å². The fourth-order valence-corrected chi connectivity index (χ4v) is 3.68. The number of aromatic hydroxyl groups is 1. The number of carbonyl (C=O) groups is 3. The Kier molecular flexibility index (Phi) is 9.83. The van der Waals surface area contributed by atoms with E-state index in [1.807, 2.05) is 32.0 Å². The number of amides is 3. The monoisotopic (exact) mass is 501 g/mol. The summed E-state index contributed by atoms with van der Waals surface area (Å²) in [5.74, 6) is -1.55. The number of phenols is 1. The SMILES string of the molecule is Cc1cccc(C)c1NC(=O)C(c1cccc(O)c1)N(CCO)C(=O)C(CO)NC(=O)OC(C)(C)C. The number of nitrogens with one attached hydrogen (secondary N) is 2. The molecule has 2 unspecified atom stereocenters. The van der Waals surface area contributed by atoms with E-state index in [0.29, 0.717) is 5.69 Å². The van der Waals surface area contributed by atoms with E-state index in [9.17, 15) is 29.7 Å². The predicted octanol–water partition coefficient (Wildman–Crippen LogP) is 2.40. The first-order chi connectivity index (χ1) is 16.9. The van der Waals surface area contributed by atoms with Crippen LogP contribution in [0.15, 0.2) is 42.5 Å². The van der Waals surface area contributed by atoms with Gasteiger partial charge in [-0.25, -0.2) is 4.79 Å². The summed E-state index contributed by atoms with van der Waals surface area (Å²) >= 11 is 0. The lowest BCUT2D eigenvalue weighted by Gasteiger charge is -2.34. The molecule has 0 aliphatic heterocycles. The molecule has 0 spiro atoms. The summed E-state index contributed by atoms with van der Waals surface area (Å²) in [4.78, 5) is 40.4. The van der Waals surface area contributed by atoms with Crippen LogP contribution >= 0.6 is 0 Å². The van der Waals surface area contributed by atoms with Crippen LogP contribution in [0.25, 0.3) is 0 Å². The Morgan fingerprint density at radius 1 is 1.03 bits per heavy atom. The third kappa shape index (κ3) is 7.69. The van der Waals surface area contributed by atoms with Gasteiger partial charge in [0.2, 0.25) is 5.91 Å². The Bertz CT molecular complexity index is 1060. The maximum absolute atomic E-state index is 13.6. The van der Waals surface area contributed by atoms with Crippen LogP contribution in [0.5, 0.6) is 5.75 Å². The van der Waals surface area contributed by atoms with E-state index in [1.54, 1.807) is 26.8 Å². The molecule has 2 atom stereocenters. The van der Waals surface area contributed by atoms with Crippen molar-refractivity contribution in [1.82, 2.24) is 10.2 Å². The fraction of sp³-hybridized carbons (Fsp3) is 0.423. The number of hydrogen-bond donors (Lipinski definition) is 5. The molecule has 10 nitrogen and oxygen atoms in total. The molecule has 196 valence electrons. The second-order valence-corrected chi connectivity index (χ2v) is 9.39. The minimum Gasteiger partial charge on any atom is -0.508 e. The average Bonchev–Trinajstić information content (AvgIpc) is 2.78. The van der Waals surface area contributed by atoms with Gasteiger partial charge in [0.25, 0.3) is 5.91 Å². The first-order valence-corrected chi connectivity index (χ1v) is 11.6. The van der Waals surface area contributed by atoms with Crippen molar-refractivity contribution in [2.24, 2.45) is 0 Å². The highest BCUT2D eigenvalue weighted by Crippen LogP contribution is 2.28. The highest BCUT2D eigenvalue weighted by molar-refractivity contribution is 6.00. The molecule has 3 amide bonds. The van der Waals surface area contributed by atoms with E-state index in [-0.39, 0.29) is 17.9 Å². The second-order valence-electron chi connectivity index (χ2n) is 9.39. The van der Waals surface area contributed by atoms with Gasteiger partial charge in [0, 0.05) is 12.2 Å². The summed E-state index contributed by atoms with van der Waals surface area (Å²) < 4.78 is 5.18. The zero-order valence-corrected chi connectivity index (χ0v) is 21.2. The highest BCUT2D eigenvalue weighted by Gasteiger charge is 2.36. The first-order valence-electron chi connectivity index (χ1n) is 11.6. The van der Waals surface area contributed by atoms with E-state index >= 15 is 0 Å². The van der Waals surface area contributed by atoms with Gasteiger partial charge in [-0.2, -0.15) is 0 Å². The van der Waals surface area contributed by atoms with Crippen LogP contribution in [0.3, 0.4) is 0 Å². The molecule has 2 aromatic carbocycles. The van der Waals surface area contributed by atoms with Crippen LogP contribution in [-0.4, -0.2) is 69.5 Å². The number of nitrogens with zero attached hydrogens (tertiary/aromatic N) is 1. The lowest BCUT2D eigenvalue weighted by Crippen LogP contribution is -2.54. The number of aryl methyl sites for hydroxylation is 2. The number of anilines is 1. The molecule has 0 saturated heterocycles. The van der Waals surface area contributed by atoms with Gasteiger partial charge in [-0.3, -0.25) is 9.59 Å². The smallest absolute Gasteiger partial charge is 0.408 e. The largest absolute Gasteiger partial charge is 0.508 e. The number of alkyl carbamates (subject to hydrolysis) is 1. The van der Waals surface area contributed by atoms with Crippen LogP contribution in [-0.2, 0) is 14.3 Å². The molecule has 0 fully saturated rings. The molecule has 36 heavy (non-hydrogen) atoms. The van der Waals surface area contributed by atoms with Gasteiger partial charge in [-0.15, -0.1) is 0 Å². The van der Waals surface area contributed by atoms with Gasteiger partial charge in [0.05, 0.1) is 13.2 Å². The van der Waals surface area contributed by atoms with Crippen molar-refractivity contribution in [3.63, 3.8) is 0 Å². The van der Waals surface area contributed by atoms with E-state index in [0.717, 1.165) is 16.0 Å². The molecule has 2 aromatic rings. The number of ether oxygens (including phenoxy) is 1. The number of aliphatic hydroxyl groups excluding tert-OH is 2. The van der Waals surface area contributed by atoms with E-state index in [1.165, 1.54) is 18.2 Å². The Balaban J connectivity index is 2.48. The summed E-state index contributed by atoms with van der Waals surface area (Å²) in [6, 6.07) is 8.59. The third-order valence-electron chi connectivity index (χ3n) is 5.27. The van der Waals surface area contributed by atoms with Gasteiger partial charge in [0.1, 0.15) is 23.4 Å². The van der Waals surface area contributed by atoms with Gasteiger partial charge in [-0.1, -0.05) is 30.3 Å². The van der Waals surface area contributed by atoms with Gasteiger partial charge in [-0.05, 0) is 63.4 Å². The molecular weight excluding hydrogens is 466 g/mol. The highest BCUT2D eigenvalue weighted by atomic mass is 16.6. The molecule has 0 aliphatic rings. The summed E-state index contributed by atoms with van der Waals surface area (Å²) in [5, 5.41) is 34.8. The van der Waals surface area contributed by atoms with Crippen molar-refractivity contribution in [2.45, 2.75) is 52.3 Å². The van der Waals surface area contributed by atoms with Crippen LogP contribution in [0, 0.1) is 13.8 Å². The Hall–Kier alpha value is -3.63. The van der Waals surface area contributed by atoms with Crippen molar-refractivity contribution in [3.8, 4) is 5.75 Å². The molecular formula is C26H35N3O7. The zero-order chi connectivity index (χ0) is 27.0. The Labute approximate surface area is 210 Å². The normalized spacial score (nSPS) is 12.9. The van der Waals surface area contributed by atoms with Crippen molar-refractivity contribution < 1.29 is 34.4 Å². The topological polar surface area (TPSA) is 148 Å². The van der Waals surface area contributed by atoms with Crippen LogP contribution in [0.2, 0.25) is 0 Å². The number of phenolic OH excluding ortho intramolecular Hbond substituents is 1. The number of para-hydroxylation sites is 1. The standard InChI is InChI=1S/C26H35N3O7/c1-16-8-6-9-17(2)21(16)28-23(33)22(18-10-7-11-19(32)14-18)29(12-13-30)24(34)20(15-31)27-25(35)36-26(3,4)5/h6-11,14,20,22,30-32H,12-13,15H2,1-5H3,(H,27,35)(H,28,33). The van der Waals surface area contributed by atoms with E-state index in [2.05, 4.69) is 10.6 Å². The first kappa shape index (κ1) is 28.6. The summed E-state index contributed by atoms with van der Waals surface area (Å²) in [5.41, 5.74) is 1.60. The number of benzene rings is 2. The molecule has 0 aliphatic carbocycles. The molecule has 0 bridgehead atoms. The predicted molar refractivity (Wildman–Crippen MR) is 134 cm³/mol. The fourth-order valence-electron chi connectivity index (χ4n) is 3.68. The summed E-state index contributed by atoms with van der Waals surface area (Å²) in [6.45, 7) is 7.05. The van der Waals surface area contributed by atoms with E-state index < -0.39 is 48.8 Å². The molecule has 0 aromatic heterocycles.